The molecule has 72 valence electrons. The van der Waals surface area contributed by atoms with E-state index in [0.717, 1.165) is 12.3 Å². The first-order chi connectivity index (χ1) is 6.25. The van der Waals surface area contributed by atoms with Gasteiger partial charge in [-0.05, 0) is 51.7 Å². The van der Waals surface area contributed by atoms with Crippen LogP contribution >= 0.6 is 27.3 Å². The Bertz CT molecular complexity index is 280. The van der Waals surface area contributed by atoms with Gasteiger partial charge < -0.3 is 5.73 Å². The van der Waals surface area contributed by atoms with Gasteiger partial charge in [-0.25, -0.2) is 0 Å². The van der Waals surface area contributed by atoms with Crippen molar-refractivity contribution in [3.05, 3.63) is 20.8 Å². The molecule has 3 heteroatoms. The van der Waals surface area contributed by atoms with E-state index >= 15 is 0 Å². The lowest BCUT2D eigenvalue weighted by molar-refractivity contribution is 0.576. The molecule has 1 atom stereocenters. The van der Waals surface area contributed by atoms with E-state index in [9.17, 15) is 0 Å². The first-order valence-corrected chi connectivity index (χ1v) is 6.42. The Hall–Kier alpha value is 0.140. The van der Waals surface area contributed by atoms with Crippen molar-refractivity contribution in [2.24, 2.45) is 11.7 Å². The van der Waals surface area contributed by atoms with Gasteiger partial charge in [0.1, 0.15) is 0 Å². The van der Waals surface area contributed by atoms with Gasteiger partial charge in [0.15, 0.2) is 0 Å². The highest BCUT2D eigenvalue weighted by Crippen LogP contribution is 2.36. The SMILES string of the molecule is NC(CCC1CC1)c1csc(Br)c1. The zero-order valence-corrected chi connectivity index (χ0v) is 9.90. The predicted molar refractivity (Wildman–Crippen MR) is 60.9 cm³/mol. The molecule has 2 N–H and O–H groups in total. The smallest absolute Gasteiger partial charge is 0.0701 e. The number of thiophene rings is 1. The molecule has 0 aliphatic heterocycles. The van der Waals surface area contributed by atoms with Crippen LogP contribution < -0.4 is 5.73 Å². The van der Waals surface area contributed by atoms with Crippen LogP contribution in [-0.2, 0) is 0 Å². The fraction of sp³-hybridized carbons (Fsp3) is 0.600. The standard InChI is InChI=1S/C10H14BrNS/c11-10-5-8(6-13-10)9(12)4-3-7-1-2-7/h5-7,9H,1-4,12H2. The van der Waals surface area contributed by atoms with Crippen LogP contribution in [-0.4, -0.2) is 0 Å². The summed E-state index contributed by atoms with van der Waals surface area (Å²) in [7, 11) is 0. The van der Waals surface area contributed by atoms with Gasteiger partial charge in [-0.2, -0.15) is 0 Å². The van der Waals surface area contributed by atoms with Gasteiger partial charge in [0.2, 0.25) is 0 Å². The molecule has 0 aromatic carbocycles. The summed E-state index contributed by atoms with van der Waals surface area (Å²) in [5.41, 5.74) is 7.36. The van der Waals surface area contributed by atoms with Crippen LogP contribution in [0, 0.1) is 5.92 Å². The van der Waals surface area contributed by atoms with Crippen molar-refractivity contribution < 1.29 is 0 Å². The van der Waals surface area contributed by atoms with Gasteiger partial charge in [-0.1, -0.05) is 12.8 Å². The fourth-order valence-corrected chi connectivity index (χ4v) is 2.75. The minimum atomic E-state index is 0.253. The number of rotatable bonds is 4. The van der Waals surface area contributed by atoms with E-state index in [1.165, 1.54) is 28.6 Å². The summed E-state index contributed by atoms with van der Waals surface area (Å²) in [5.74, 6) is 0.994. The summed E-state index contributed by atoms with van der Waals surface area (Å²) in [4.78, 5) is 0. The lowest BCUT2D eigenvalue weighted by Gasteiger charge is -2.08. The van der Waals surface area contributed by atoms with Gasteiger partial charge in [0.25, 0.3) is 0 Å². The van der Waals surface area contributed by atoms with E-state index in [-0.39, 0.29) is 6.04 Å². The molecule has 13 heavy (non-hydrogen) atoms. The third-order valence-corrected chi connectivity index (χ3v) is 4.12. The van der Waals surface area contributed by atoms with Crippen molar-refractivity contribution in [2.45, 2.75) is 31.7 Å². The largest absolute Gasteiger partial charge is 0.324 e. The highest BCUT2D eigenvalue weighted by molar-refractivity contribution is 9.11. The maximum atomic E-state index is 6.07. The second-order valence-corrected chi connectivity index (χ2v) is 6.10. The molecule has 1 nitrogen and oxygen atoms in total. The molecular formula is C10H14BrNS. The van der Waals surface area contributed by atoms with Gasteiger partial charge >= 0.3 is 0 Å². The van der Waals surface area contributed by atoms with Crippen LogP contribution in [0.3, 0.4) is 0 Å². The monoisotopic (exact) mass is 259 g/mol. The molecule has 1 aliphatic carbocycles. The van der Waals surface area contributed by atoms with Crippen LogP contribution in [0.1, 0.15) is 37.3 Å². The Morgan fingerprint density at radius 1 is 1.62 bits per heavy atom. The van der Waals surface area contributed by atoms with Crippen LogP contribution in [0.15, 0.2) is 15.2 Å². The summed E-state index contributed by atoms with van der Waals surface area (Å²) >= 11 is 5.18. The third-order valence-electron chi connectivity index (χ3n) is 2.60. The van der Waals surface area contributed by atoms with Crippen molar-refractivity contribution >= 4 is 27.3 Å². The maximum absolute atomic E-state index is 6.07. The Morgan fingerprint density at radius 2 is 2.38 bits per heavy atom. The van der Waals surface area contributed by atoms with Crippen LogP contribution in [0.25, 0.3) is 0 Å². The van der Waals surface area contributed by atoms with Crippen molar-refractivity contribution in [1.82, 2.24) is 0 Å². The Kier molecular flexibility index (Phi) is 3.06. The maximum Gasteiger partial charge on any atom is 0.0701 e. The highest BCUT2D eigenvalue weighted by atomic mass is 79.9. The molecule has 1 unspecified atom stereocenters. The molecule has 1 saturated carbocycles. The number of hydrogen-bond donors (Lipinski definition) is 1. The quantitative estimate of drug-likeness (QED) is 0.877. The number of halogens is 1. The van der Waals surface area contributed by atoms with E-state index in [4.69, 9.17) is 5.73 Å². The Morgan fingerprint density at radius 3 is 2.92 bits per heavy atom. The molecule has 0 bridgehead atoms. The summed E-state index contributed by atoms with van der Waals surface area (Å²) in [6, 6.07) is 2.39. The van der Waals surface area contributed by atoms with Crippen molar-refractivity contribution in [1.29, 1.82) is 0 Å². The minimum Gasteiger partial charge on any atom is -0.324 e. The minimum absolute atomic E-state index is 0.253. The summed E-state index contributed by atoms with van der Waals surface area (Å²) < 4.78 is 1.18. The predicted octanol–water partition coefficient (Wildman–Crippen LogP) is 3.70. The zero-order valence-electron chi connectivity index (χ0n) is 7.50. The molecule has 0 radical (unpaired) electrons. The van der Waals surface area contributed by atoms with Crippen LogP contribution in [0.5, 0.6) is 0 Å². The summed E-state index contributed by atoms with van der Waals surface area (Å²) in [5, 5.41) is 2.15. The molecule has 0 spiro atoms. The van der Waals surface area contributed by atoms with Gasteiger partial charge in [0, 0.05) is 6.04 Å². The van der Waals surface area contributed by atoms with E-state index in [1.54, 1.807) is 11.3 Å². The molecule has 1 aromatic rings. The molecule has 1 heterocycles. The average molecular weight is 260 g/mol. The fourth-order valence-electron chi connectivity index (χ4n) is 1.51. The normalized spacial score (nSPS) is 18.9. The number of nitrogens with two attached hydrogens (primary N) is 1. The first-order valence-electron chi connectivity index (χ1n) is 4.75. The summed E-state index contributed by atoms with van der Waals surface area (Å²) in [6.07, 6.45) is 5.32. The second-order valence-electron chi connectivity index (χ2n) is 3.81. The van der Waals surface area contributed by atoms with E-state index in [0.29, 0.717) is 0 Å². The molecule has 1 aliphatic rings. The van der Waals surface area contributed by atoms with Gasteiger partial charge in [0.05, 0.1) is 3.79 Å². The molecule has 1 aromatic heterocycles. The lowest BCUT2D eigenvalue weighted by Crippen LogP contribution is -2.09. The molecule has 2 rings (SSSR count). The van der Waals surface area contributed by atoms with Crippen LogP contribution in [0.4, 0.5) is 0 Å². The van der Waals surface area contributed by atoms with Crippen molar-refractivity contribution in [3.63, 3.8) is 0 Å². The summed E-state index contributed by atoms with van der Waals surface area (Å²) in [6.45, 7) is 0. The van der Waals surface area contributed by atoms with Gasteiger partial charge in [-0.3, -0.25) is 0 Å². The first kappa shape index (κ1) is 9.69. The van der Waals surface area contributed by atoms with E-state index in [1.807, 2.05) is 0 Å². The number of hydrogen-bond acceptors (Lipinski definition) is 2. The van der Waals surface area contributed by atoms with Crippen molar-refractivity contribution in [3.8, 4) is 0 Å². The highest BCUT2D eigenvalue weighted by Gasteiger charge is 2.22. The topological polar surface area (TPSA) is 26.0 Å². The lowest BCUT2D eigenvalue weighted by atomic mass is 10.0. The Balaban J connectivity index is 1.84. The zero-order chi connectivity index (χ0) is 9.26. The van der Waals surface area contributed by atoms with Gasteiger partial charge in [-0.15, -0.1) is 11.3 Å². The average Bonchev–Trinajstić information content (AvgIpc) is 2.84. The molecular weight excluding hydrogens is 246 g/mol. The molecule has 1 fully saturated rings. The van der Waals surface area contributed by atoms with Crippen molar-refractivity contribution in [2.75, 3.05) is 0 Å². The molecule has 0 amide bonds. The molecule has 0 saturated heterocycles. The van der Waals surface area contributed by atoms with E-state index in [2.05, 4.69) is 27.4 Å². The Labute approximate surface area is 91.5 Å². The third kappa shape index (κ3) is 2.79. The van der Waals surface area contributed by atoms with Crippen LogP contribution in [0.2, 0.25) is 0 Å². The van der Waals surface area contributed by atoms with E-state index < -0.39 is 0 Å². The second kappa shape index (κ2) is 4.11.